The van der Waals surface area contributed by atoms with Gasteiger partial charge in [0.25, 0.3) is 0 Å². The third-order valence-corrected chi connectivity index (χ3v) is 4.69. The van der Waals surface area contributed by atoms with E-state index >= 15 is 0 Å². The summed E-state index contributed by atoms with van der Waals surface area (Å²) < 4.78 is 5.83. The first kappa shape index (κ1) is 18.9. The number of Topliss-reactive ketones (excluding diaryl/α,β-unsaturated/α-hetero) is 1. The molecule has 0 bridgehead atoms. The number of phenolic OH excluding ortho intramolecular Hbond substituents is 1. The van der Waals surface area contributed by atoms with Gasteiger partial charge in [0.15, 0.2) is 5.78 Å². The summed E-state index contributed by atoms with van der Waals surface area (Å²) in [5.74, 6) is 1.25. The van der Waals surface area contributed by atoms with Crippen LogP contribution in [0.2, 0.25) is 0 Å². The van der Waals surface area contributed by atoms with E-state index in [0.29, 0.717) is 35.5 Å². The van der Waals surface area contributed by atoms with Crippen LogP contribution in [0.15, 0.2) is 41.3 Å². The van der Waals surface area contributed by atoms with E-state index < -0.39 is 0 Å². The molecule has 130 valence electrons. The Kier molecular flexibility index (Phi) is 6.91. The lowest BCUT2D eigenvalue weighted by atomic mass is 10.0. The Morgan fingerprint density at radius 1 is 1.24 bits per heavy atom. The van der Waals surface area contributed by atoms with E-state index in [-0.39, 0.29) is 11.5 Å². The number of ether oxygens (including phenoxy) is 1. The Labute approximate surface area is 152 Å². The molecular formula is C20H21NO3S. The average molecular weight is 355 g/mol. The first-order valence-electron chi connectivity index (χ1n) is 8.18. The minimum Gasteiger partial charge on any atom is -0.507 e. The van der Waals surface area contributed by atoms with Crippen LogP contribution in [0.4, 0.5) is 0 Å². The van der Waals surface area contributed by atoms with Gasteiger partial charge in [0.05, 0.1) is 23.8 Å². The second kappa shape index (κ2) is 9.14. The normalized spacial score (nSPS) is 10.3. The average Bonchev–Trinajstić information content (AvgIpc) is 2.61. The van der Waals surface area contributed by atoms with E-state index in [0.717, 1.165) is 17.1 Å². The minimum atomic E-state index is -0.155. The van der Waals surface area contributed by atoms with Crippen LogP contribution in [-0.4, -0.2) is 23.2 Å². The first-order chi connectivity index (χ1) is 12.1. The molecule has 0 unspecified atom stereocenters. The highest BCUT2D eigenvalue weighted by molar-refractivity contribution is 7.99. The maximum absolute atomic E-state index is 11.6. The number of benzene rings is 2. The maximum Gasteiger partial charge on any atom is 0.163 e. The van der Waals surface area contributed by atoms with Crippen LogP contribution in [-0.2, 0) is 6.42 Å². The van der Waals surface area contributed by atoms with Crippen molar-refractivity contribution in [2.75, 3.05) is 12.4 Å². The molecule has 0 aromatic heterocycles. The summed E-state index contributed by atoms with van der Waals surface area (Å²) in [6.45, 7) is 3.95. The molecule has 25 heavy (non-hydrogen) atoms. The number of nitrogens with zero attached hydrogens (tertiary/aromatic N) is 1. The quantitative estimate of drug-likeness (QED) is 0.426. The predicted octanol–water partition coefficient (Wildman–Crippen LogP) is 4.59. The van der Waals surface area contributed by atoms with Crippen molar-refractivity contribution in [2.45, 2.75) is 31.6 Å². The zero-order valence-electron chi connectivity index (χ0n) is 14.4. The number of rotatable bonds is 8. The molecule has 0 atom stereocenters. The van der Waals surface area contributed by atoms with Crippen molar-refractivity contribution in [3.8, 4) is 17.6 Å². The first-order valence-corrected chi connectivity index (χ1v) is 9.17. The number of carbonyl (C=O) groups is 1. The second-order valence-electron chi connectivity index (χ2n) is 5.58. The molecule has 0 aliphatic heterocycles. The minimum absolute atomic E-state index is 0.0339. The van der Waals surface area contributed by atoms with E-state index in [1.807, 2.05) is 19.1 Å². The van der Waals surface area contributed by atoms with Crippen molar-refractivity contribution in [3.05, 3.63) is 53.1 Å². The lowest BCUT2D eigenvalue weighted by molar-refractivity contribution is 0.101. The molecule has 2 aromatic rings. The van der Waals surface area contributed by atoms with Gasteiger partial charge in [-0.05, 0) is 49.7 Å². The Hall–Kier alpha value is -2.45. The fourth-order valence-corrected chi connectivity index (χ4v) is 3.20. The molecule has 5 heteroatoms. The van der Waals surface area contributed by atoms with Gasteiger partial charge < -0.3 is 9.84 Å². The molecule has 0 amide bonds. The van der Waals surface area contributed by atoms with Crippen molar-refractivity contribution < 1.29 is 14.6 Å². The molecule has 0 saturated carbocycles. The van der Waals surface area contributed by atoms with Crippen LogP contribution >= 0.6 is 11.8 Å². The third-order valence-electron chi connectivity index (χ3n) is 3.71. The van der Waals surface area contributed by atoms with Crippen molar-refractivity contribution in [1.82, 2.24) is 0 Å². The van der Waals surface area contributed by atoms with Crippen LogP contribution in [0.1, 0.15) is 41.8 Å². The lowest BCUT2D eigenvalue weighted by Crippen LogP contribution is -2.05. The van der Waals surface area contributed by atoms with Gasteiger partial charge in [-0.3, -0.25) is 4.79 Å². The molecule has 2 rings (SSSR count). The number of carbonyl (C=O) groups excluding carboxylic acids is 1. The fraction of sp³-hybridized carbons (Fsp3) is 0.300. The van der Waals surface area contributed by atoms with Gasteiger partial charge in [-0.1, -0.05) is 13.3 Å². The summed E-state index contributed by atoms with van der Waals surface area (Å²) in [6.07, 6.45) is 1.51. The van der Waals surface area contributed by atoms with Gasteiger partial charge >= 0.3 is 0 Å². The topological polar surface area (TPSA) is 70.3 Å². The number of hydrogen-bond donors (Lipinski definition) is 1. The zero-order chi connectivity index (χ0) is 18.2. The molecule has 0 aliphatic carbocycles. The predicted molar refractivity (Wildman–Crippen MR) is 99.5 cm³/mol. The van der Waals surface area contributed by atoms with Crippen LogP contribution in [0.3, 0.4) is 0 Å². The summed E-state index contributed by atoms with van der Waals surface area (Å²) >= 11 is 1.64. The number of hydrogen-bond acceptors (Lipinski definition) is 5. The Balaban J connectivity index is 1.98. The Morgan fingerprint density at radius 3 is 2.56 bits per heavy atom. The Morgan fingerprint density at radius 2 is 1.96 bits per heavy atom. The van der Waals surface area contributed by atoms with Gasteiger partial charge in [-0.25, -0.2) is 0 Å². The van der Waals surface area contributed by atoms with Gasteiger partial charge in [0.2, 0.25) is 0 Å². The highest BCUT2D eigenvalue weighted by Gasteiger charge is 2.15. The summed E-state index contributed by atoms with van der Waals surface area (Å²) in [7, 11) is 0. The molecular weight excluding hydrogens is 334 g/mol. The molecule has 0 radical (unpaired) electrons. The van der Waals surface area contributed by atoms with Crippen LogP contribution < -0.4 is 4.74 Å². The number of nitriles is 1. The third kappa shape index (κ3) is 5.01. The van der Waals surface area contributed by atoms with E-state index in [9.17, 15) is 9.90 Å². The van der Waals surface area contributed by atoms with Crippen LogP contribution in [0.5, 0.6) is 11.5 Å². The van der Waals surface area contributed by atoms with Gasteiger partial charge in [0.1, 0.15) is 11.5 Å². The molecule has 1 N–H and O–H groups in total. The van der Waals surface area contributed by atoms with Crippen LogP contribution in [0, 0.1) is 11.3 Å². The molecule has 0 saturated heterocycles. The largest absolute Gasteiger partial charge is 0.507 e. The monoisotopic (exact) mass is 355 g/mol. The molecule has 4 nitrogen and oxygen atoms in total. The van der Waals surface area contributed by atoms with Crippen molar-refractivity contribution in [3.63, 3.8) is 0 Å². The van der Waals surface area contributed by atoms with Crippen molar-refractivity contribution in [2.24, 2.45) is 0 Å². The van der Waals surface area contributed by atoms with E-state index in [1.54, 1.807) is 36.0 Å². The SMILES string of the molecule is CCCc1c(OCCSc2ccc(C#N)cc2)ccc(C(C)=O)c1O. The van der Waals surface area contributed by atoms with Gasteiger partial charge in [0, 0.05) is 16.2 Å². The summed E-state index contributed by atoms with van der Waals surface area (Å²) in [5.41, 5.74) is 1.67. The molecule has 2 aromatic carbocycles. The van der Waals surface area contributed by atoms with E-state index in [4.69, 9.17) is 10.00 Å². The molecule has 0 aliphatic rings. The maximum atomic E-state index is 11.6. The highest BCUT2D eigenvalue weighted by atomic mass is 32.2. The number of thioether (sulfide) groups is 1. The fourth-order valence-electron chi connectivity index (χ4n) is 2.47. The molecule has 0 spiro atoms. The highest BCUT2D eigenvalue weighted by Crippen LogP contribution is 2.33. The van der Waals surface area contributed by atoms with Gasteiger partial charge in [-0.2, -0.15) is 5.26 Å². The standard InChI is InChI=1S/C20H21NO3S/c1-3-4-18-19(10-9-17(14(2)22)20(18)23)24-11-12-25-16-7-5-15(13-21)6-8-16/h5-10,23H,3-4,11-12H2,1-2H3. The number of ketones is 1. The number of aromatic hydroxyl groups is 1. The Bertz CT molecular complexity index is 779. The summed E-state index contributed by atoms with van der Waals surface area (Å²) in [5, 5.41) is 19.1. The molecule has 0 fully saturated rings. The van der Waals surface area contributed by atoms with Crippen LogP contribution in [0.25, 0.3) is 0 Å². The lowest BCUT2D eigenvalue weighted by Gasteiger charge is -2.14. The van der Waals surface area contributed by atoms with Crippen molar-refractivity contribution >= 4 is 17.5 Å². The number of phenols is 1. The zero-order valence-corrected chi connectivity index (χ0v) is 15.2. The second-order valence-corrected chi connectivity index (χ2v) is 6.75. The summed E-state index contributed by atoms with van der Waals surface area (Å²) in [6, 6.07) is 12.9. The summed E-state index contributed by atoms with van der Waals surface area (Å²) in [4.78, 5) is 12.6. The van der Waals surface area contributed by atoms with E-state index in [1.165, 1.54) is 6.92 Å². The van der Waals surface area contributed by atoms with Gasteiger partial charge in [-0.15, -0.1) is 11.8 Å². The van der Waals surface area contributed by atoms with E-state index in [2.05, 4.69) is 6.07 Å². The van der Waals surface area contributed by atoms with Crippen molar-refractivity contribution in [1.29, 1.82) is 5.26 Å². The smallest absolute Gasteiger partial charge is 0.163 e. The molecule has 0 heterocycles.